The van der Waals surface area contributed by atoms with Gasteiger partial charge >= 0.3 is 12.1 Å². The van der Waals surface area contributed by atoms with Gasteiger partial charge in [0.15, 0.2) is 8.32 Å². The summed E-state index contributed by atoms with van der Waals surface area (Å²) in [6.07, 6.45) is -4.98. The molecular formula is C25H30Cl2F3NO3Si. The fourth-order valence-corrected chi connectivity index (χ4v) is 5.48. The highest BCUT2D eigenvalue weighted by Gasteiger charge is 2.51. The summed E-state index contributed by atoms with van der Waals surface area (Å²) in [5.41, 5.74) is -2.52. The third-order valence-corrected chi connectivity index (χ3v) is 11.4. The zero-order valence-electron chi connectivity index (χ0n) is 20.5. The topological polar surface area (TPSA) is 58.9 Å². The number of rotatable bonds is 8. The first-order valence-corrected chi connectivity index (χ1v) is 14.7. The second kappa shape index (κ2) is 10.6. The number of halogens is 5. The molecule has 2 aromatic rings. The molecule has 1 N–H and O–H groups in total. The van der Waals surface area contributed by atoms with Gasteiger partial charge in [-0.05, 0) is 59.9 Å². The molecule has 35 heavy (non-hydrogen) atoms. The molecule has 192 valence electrons. The zero-order valence-corrected chi connectivity index (χ0v) is 23.0. The number of carboxylic acid groups (broad SMARTS) is 1. The minimum absolute atomic E-state index is 0.196. The van der Waals surface area contributed by atoms with Crippen LogP contribution in [0.25, 0.3) is 0 Å². The quantitative estimate of drug-likeness (QED) is 0.266. The molecule has 10 heteroatoms. The van der Waals surface area contributed by atoms with Crippen molar-refractivity contribution in [1.82, 2.24) is 0 Å². The van der Waals surface area contributed by atoms with Gasteiger partial charge in [0.1, 0.15) is 11.6 Å². The van der Waals surface area contributed by atoms with Crippen molar-refractivity contribution in [2.24, 2.45) is 4.99 Å². The van der Waals surface area contributed by atoms with E-state index < -0.39 is 37.8 Å². The van der Waals surface area contributed by atoms with Crippen LogP contribution in [0.2, 0.25) is 28.2 Å². The number of benzene rings is 2. The molecule has 0 aromatic heterocycles. The van der Waals surface area contributed by atoms with Crippen molar-refractivity contribution in [3.8, 4) is 0 Å². The molecule has 0 bridgehead atoms. The highest BCUT2D eigenvalue weighted by Crippen LogP contribution is 2.51. The summed E-state index contributed by atoms with van der Waals surface area (Å²) in [6, 6.07) is 11.5. The van der Waals surface area contributed by atoms with Crippen LogP contribution in [0, 0.1) is 0 Å². The number of hydrogen-bond donors (Lipinski definition) is 1. The molecule has 2 rings (SSSR count). The minimum Gasteiger partial charge on any atom is -0.477 e. The van der Waals surface area contributed by atoms with Gasteiger partial charge in [-0.3, -0.25) is 4.99 Å². The summed E-state index contributed by atoms with van der Waals surface area (Å²) >= 11 is 12.3. The molecule has 0 aliphatic rings. The molecule has 4 nitrogen and oxygen atoms in total. The van der Waals surface area contributed by atoms with Crippen molar-refractivity contribution < 1.29 is 27.5 Å². The van der Waals surface area contributed by atoms with Crippen molar-refractivity contribution in [3.63, 3.8) is 0 Å². The molecule has 0 radical (unpaired) electrons. The molecule has 2 atom stereocenters. The van der Waals surface area contributed by atoms with Crippen LogP contribution in [-0.2, 0) is 14.8 Å². The van der Waals surface area contributed by atoms with Crippen LogP contribution >= 0.6 is 23.2 Å². The number of nitrogens with zero attached hydrogens (tertiary/aromatic N) is 1. The highest BCUT2D eigenvalue weighted by molar-refractivity contribution is 6.74. The van der Waals surface area contributed by atoms with E-state index in [2.05, 4.69) is 4.99 Å². The SMILES string of the molecule is CC[C@@](O[Si](C)(C)C(C)(C)C)(c1cccc(Cl)c1)[C@H](N=C(C(=O)O)C(F)(F)F)c1ccc(Cl)cc1. The van der Waals surface area contributed by atoms with Crippen LogP contribution in [0.3, 0.4) is 0 Å². The van der Waals surface area contributed by atoms with Crippen LogP contribution in [0.4, 0.5) is 13.2 Å². The van der Waals surface area contributed by atoms with E-state index >= 15 is 0 Å². The summed E-state index contributed by atoms with van der Waals surface area (Å²) in [6.45, 7) is 11.8. The van der Waals surface area contributed by atoms with Crippen molar-refractivity contribution in [3.05, 3.63) is 69.7 Å². The Hall–Kier alpha value is -1.87. The highest BCUT2D eigenvalue weighted by atomic mass is 35.5. The monoisotopic (exact) mass is 547 g/mol. The normalized spacial score (nSPS) is 16.0. The molecule has 0 saturated heterocycles. The van der Waals surface area contributed by atoms with Gasteiger partial charge in [-0.15, -0.1) is 0 Å². The van der Waals surface area contributed by atoms with Gasteiger partial charge in [0.2, 0.25) is 5.71 Å². The van der Waals surface area contributed by atoms with Gasteiger partial charge in [-0.25, -0.2) is 4.79 Å². The first-order chi connectivity index (χ1) is 15.9. The Bertz CT molecular complexity index is 1080. The van der Waals surface area contributed by atoms with Gasteiger partial charge < -0.3 is 9.53 Å². The maximum absolute atomic E-state index is 13.8. The molecule has 0 unspecified atom stereocenters. The lowest BCUT2D eigenvalue weighted by Gasteiger charge is -2.48. The Morgan fingerprint density at radius 1 is 1.06 bits per heavy atom. The van der Waals surface area contributed by atoms with Crippen LogP contribution in [-0.4, -0.2) is 31.3 Å². The second-order valence-corrected chi connectivity index (χ2v) is 15.4. The number of alkyl halides is 3. The van der Waals surface area contributed by atoms with Gasteiger partial charge in [-0.2, -0.15) is 13.2 Å². The molecule has 2 aromatic carbocycles. The third-order valence-electron chi connectivity index (χ3n) is 6.44. The Balaban J connectivity index is 3.00. The van der Waals surface area contributed by atoms with Crippen LogP contribution in [0.15, 0.2) is 53.5 Å². The Morgan fingerprint density at radius 3 is 2.06 bits per heavy atom. The number of carboxylic acids is 1. The Kier molecular flexibility index (Phi) is 8.91. The van der Waals surface area contributed by atoms with Crippen molar-refractivity contribution in [2.75, 3.05) is 0 Å². The van der Waals surface area contributed by atoms with Crippen LogP contribution in [0.5, 0.6) is 0 Å². The summed E-state index contributed by atoms with van der Waals surface area (Å²) in [7, 11) is -2.66. The Morgan fingerprint density at radius 2 is 1.63 bits per heavy atom. The average molecular weight is 549 g/mol. The lowest BCUT2D eigenvalue weighted by molar-refractivity contribution is -0.133. The lowest BCUT2D eigenvalue weighted by atomic mass is 9.80. The molecule has 0 heterocycles. The van der Waals surface area contributed by atoms with E-state index in [1.165, 1.54) is 24.3 Å². The molecule has 0 spiro atoms. The minimum atomic E-state index is -5.18. The third kappa shape index (κ3) is 6.67. The van der Waals surface area contributed by atoms with Gasteiger partial charge in [0, 0.05) is 10.0 Å². The van der Waals surface area contributed by atoms with Crippen molar-refractivity contribution in [1.29, 1.82) is 0 Å². The maximum Gasteiger partial charge on any atom is 0.440 e. The lowest BCUT2D eigenvalue weighted by Crippen LogP contribution is -2.51. The average Bonchev–Trinajstić information content (AvgIpc) is 2.72. The van der Waals surface area contributed by atoms with Gasteiger partial charge in [0.25, 0.3) is 0 Å². The van der Waals surface area contributed by atoms with E-state index in [0.717, 1.165) is 0 Å². The fourth-order valence-electron chi connectivity index (χ4n) is 3.57. The van der Waals surface area contributed by atoms with E-state index in [1.807, 2.05) is 33.9 Å². The molecule has 0 saturated carbocycles. The largest absolute Gasteiger partial charge is 0.477 e. The molecular weight excluding hydrogens is 518 g/mol. The van der Waals surface area contributed by atoms with Gasteiger partial charge in [-0.1, -0.05) is 75.2 Å². The molecule has 0 fully saturated rings. The van der Waals surface area contributed by atoms with E-state index in [9.17, 15) is 23.1 Å². The van der Waals surface area contributed by atoms with E-state index in [-0.39, 0.29) is 11.5 Å². The maximum atomic E-state index is 13.8. The fraction of sp³-hybridized carbons (Fsp3) is 0.440. The van der Waals surface area contributed by atoms with E-state index in [1.54, 1.807) is 31.2 Å². The van der Waals surface area contributed by atoms with Crippen LogP contribution in [0.1, 0.15) is 51.3 Å². The first kappa shape index (κ1) is 29.4. The summed E-state index contributed by atoms with van der Waals surface area (Å²) < 4.78 is 48.3. The summed E-state index contributed by atoms with van der Waals surface area (Å²) in [4.78, 5) is 15.6. The molecule has 0 aliphatic heterocycles. The molecule has 0 aliphatic carbocycles. The molecule has 0 amide bonds. The van der Waals surface area contributed by atoms with Gasteiger partial charge in [0.05, 0.1) is 0 Å². The summed E-state index contributed by atoms with van der Waals surface area (Å²) in [5.74, 6) is -2.17. The number of aliphatic imine (C=N–C) groups is 1. The van der Waals surface area contributed by atoms with Crippen molar-refractivity contribution >= 4 is 43.2 Å². The van der Waals surface area contributed by atoms with E-state index in [0.29, 0.717) is 21.2 Å². The predicted molar refractivity (Wildman–Crippen MR) is 137 cm³/mol. The summed E-state index contributed by atoms with van der Waals surface area (Å²) in [5, 5.41) is 9.88. The van der Waals surface area contributed by atoms with E-state index in [4.69, 9.17) is 27.6 Å². The zero-order chi connectivity index (χ0) is 26.8. The standard InChI is InChI=1S/C25H30Cl2F3NO3Si/c1-7-24(17-9-8-10-19(27)15-17,34-35(5,6)23(2,3)4)20(16-11-13-18(26)14-12-16)31-21(22(32)33)25(28,29)30/h8-15,20H,7H2,1-6H3,(H,32,33)/t20-,24-/m1/s1. The number of aliphatic carboxylic acids is 1. The second-order valence-electron chi connectivity index (χ2n) is 9.85. The smallest absolute Gasteiger partial charge is 0.440 e. The first-order valence-electron chi connectivity index (χ1n) is 11.0. The number of carbonyl (C=O) groups is 1. The van der Waals surface area contributed by atoms with Crippen LogP contribution < -0.4 is 0 Å². The predicted octanol–water partition coefficient (Wildman–Crippen LogP) is 8.45. The number of hydrogen-bond acceptors (Lipinski definition) is 3. The van der Waals surface area contributed by atoms with Crippen molar-refractivity contribution in [2.45, 2.75) is 70.1 Å². The Labute approximate surface area is 215 Å².